The number of likely N-dealkylation sites (tertiary alicyclic amines) is 1. The monoisotopic (exact) mass is 968 g/mol. The van der Waals surface area contributed by atoms with E-state index in [1.807, 2.05) is 6.92 Å². The molecule has 68 heavy (non-hydrogen) atoms. The van der Waals surface area contributed by atoms with Crippen molar-refractivity contribution < 1.29 is 66.8 Å². The molecule has 1 saturated heterocycles. The minimum Gasteiger partial charge on any atom is -0.508 e. The van der Waals surface area contributed by atoms with Gasteiger partial charge in [-0.1, -0.05) is 46.2 Å². The summed E-state index contributed by atoms with van der Waals surface area (Å²) in [5, 5.41) is 40.4. The Labute approximate surface area is 390 Å². The molecule has 6 amide bonds. The highest BCUT2D eigenvalue weighted by atomic mass is 19.4. The van der Waals surface area contributed by atoms with Gasteiger partial charge in [0, 0.05) is 37.8 Å². The van der Waals surface area contributed by atoms with Crippen LogP contribution in [0.25, 0.3) is 0 Å². The third-order valence-corrected chi connectivity index (χ3v) is 10.7. The molecule has 2 heterocycles. The Balaban J connectivity index is 0.00000209. The molecule has 23 nitrogen and oxygen atoms in total. The first kappa shape index (κ1) is 57.1. The van der Waals surface area contributed by atoms with E-state index in [1.54, 1.807) is 32.9 Å². The van der Waals surface area contributed by atoms with E-state index in [-0.39, 0.29) is 50.5 Å². The Kier molecular flexibility index (Phi) is 22.7. The van der Waals surface area contributed by atoms with Crippen molar-refractivity contribution in [3.63, 3.8) is 0 Å². The number of nitrogens with one attached hydrogen (secondary N) is 6. The van der Waals surface area contributed by atoms with E-state index in [1.165, 1.54) is 36.5 Å². The molecular weight excluding hydrogens is 906 g/mol. The maximum Gasteiger partial charge on any atom is 0.490 e. The highest BCUT2D eigenvalue weighted by Gasteiger charge is 2.40. The second kappa shape index (κ2) is 27.0. The summed E-state index contributed by atoms with van der Waals surface area (Å²) in [6, 6.07) is -2.14. The Morgan fingerprint density at radius 3 is 1.91 bits per heavy atom. The number of hydrogen-bond acceptors (Lipinski definition) is 12. The quantitative estimate of drug-likeness (QED) is 0.0366. The number of nitrogens with zero attached hydrogens (tertiary/aromatic N) is 3. The number of nitrogens with two attached hydrogens (primary N) is 3. The van der Waals surface area contributed by atoms with Gasteiger partial charge in [0.15, 0.2) is 5.96 Å². The normalized spacial score (nSPS) is 16.5. The van der Waals surface area contributed by atoms with Crippen LogP contribution in [0.3, 0.4) is 0 Å². The van der Waals surface area contributed by atoms with Crippen molar-refractivity contribution in [1.29, 1.82) is 0 Å². The number of halogens is 3. The third-order valence-electron chi connectivity index (χ3n) is 10.7. The zero-order valence-electron chi connectivity index (χ0n) is 38.3. The van der Waals surface area contributed by atoms with Crippen LogP contribution in [-0.2, 0) is 51.2 Å². The number of carboxylic acid groups (broad SMARTS) is 2. The second-order valence-corrected chi connectivity index (χ2v) is 16.5. The highest BCUT2D eigenvalue weighted by Crippen LogP contribution is 2.21. The lowest BCUT2D eigenvalue weighted by atomic mass is 9.96. The molecule has 26 heteroatoms. The maximum atomic E-state index is 14.3. The van der Waals surface area contributed by atoms with Crippen molar-refractivity contribution in [3.8, 4) is 5.75 Å². The number of carboxylic acids is 2. The van der Waals surface area contributed by atoms with Gasteiger partial charge >= 0.3 is 18.1 Å². The molecule has 0 bridgehead atoms. The molecule has 0 aliphatic carbocycles. The number of aliphatic carboxylic acids is 2. The number of rotatable bonds is 23. The van der Waals surface area contributed by atoms with Gasteiger partial charge in [-0.25, -0.2) is 14.6 Å². The number of hydrogen-bond donors (Lipinski definition) is 12. The summed E-state index contributed by atoms with van der Waals surface area (Å²) in [5.74, 6) is -9.22. The van der Waals surface area contributed by atoms with E-state index in [9.17, 15) is 56.9 Å². The number of aliphatic imine (C=N–C) groups is 1. The highest BCUT2D eigenvalue weighted by molar-refractivity contribution is 5.97. The van der Waals surface area contributed by atoms with Gasteiger partial charge in [-0.3, -0.25) is 33.8 Å². The predicted octanol–water partition coefficient (Wildman–Crippen LogP) is -0.864. The molecule has 3 rings (SSSR count). The van der Waals surface area contributed by atoms with Crippen LogP contribution in [0.4, 0.5) is 13.2 Å². The van der Waals surface area contributed by atoms with Crippen LogP contribution in [0.2, 0.25) is 0 Å². The van der Waals surface area contributed by atoms with Gasteiger partial charge in [0.05, 0.1) is 12.4 Å². The molecule has 1 aromatic heterocycles. The van der Waals surface area contributed by atoms with E-state index in [0.717, 1.165) is 0 Å². The average molecular weight is 969 g/mol. The molecule has 0 saturated carbocycles. The Morgan fingerprint density at radius 2 is 1.40 bits per heavy atom. The molecule has 2 aromatic rings. The summed E-state index contributed by atoms with van der Waals surface area (Å²) in [7, 11) is 0. The van der Waals surface area contributed by atoms with Gasteiger partial charge in [-0.15, -0.1) is 0 Å². The SMILES string of the molecule is CCC(C)C(NC(=O)C(Cc1ccc(O)cc1)NC(=O)C(NC(=O)C(CCCN=C(N)N)NC(=O)C(C)N)C(C)C)C(=O)NC(Cc1cnc[nH]1)C(=O)N1CCCC1C(=O)O.O=C(O)C(F)(F)F. The van der Waals surface area contributed by atoms with Gasteiger partial charge < -0.3 is 69.0 Å². The number of phenolic OH excluding ortho intramolecular Hbond substituents is 1. The fraction of sp³-hybridized carbons (Fsp3) is 0.571. The summed E-state index contributed by atoms with van der Waals surface area (Å²) < 4.78 is 31.7. The van der Waals surface area contributed by atoms with E-state index in [0.29, 0.717) is 30.5 Å². The molecule has 1 aliphatic rings. The fourth-order valence-corrected chi connectivity index (χ4v) is 6.72. The first-order chi connectivity index (χ1) is 31.8. The minimum absolute atomic E-state index is 0.0308. The standard InChI is InChI=1S/C40H62N12O9.C2HF3O2/c1-6-22(4)32(37(58)49-29(18-25-19-44-20-46-25)38(59)52-16-8-10-30(52)39(60)61)51-35(56)28(17-24-11-13-26(53)14-12-24)48-36(57)31(21(2)3)50-34(55)27(47-33(54)23(5)41)9-7-15-45-40(42)43;3-2(4,5)1(6)7/h11-14,19-23,27-32,53H,6-10,15-18,41H2,1-5H3,(H,44,46)(H,47,54)(H,48,57)(H,49,58)(H,50,55)(H,51,56)(H,60,61)(H4,42,43,45);(H,6,7). The van der Waals surface area contributed by atoms with Crippen LogP contribution in [-0.4, -0.2) is 145 Å². The van der Waals surface area contributed by atoms with Crippen LogP contribution in [0.5, 0.6) is 5.75 Å². The molecule has 8 unspecified atom stereocenters. The number of alkyl halides is 3. The topological polar surface area (TPSA) is 380 Å². The molecule has 378 valence electrons. The predicted molar refractivity (Wildman–Crippen MR) is 238 cm³/mol. The number of aromatic amines is 1. The number of carbonyl (C=O) groups excluding carboxylic acids is 6. The number of aromatic nitrogens is 2. The first-order valence-electron chi connectivity index (χ1n) is 21.7. The number of amides is 6. The van der Waals surface area contributed by atoms with Gasteiger partial charge in [0.2, 0.25) is 35.4 Å². The van der Waals surface area contributed by atoms with Gasteiger partial charge in [0.25, 0.3) is 0 Å². The molecule has 15 N–H and O–H groups in total. The molecule has 1 aromatic carbocycles. The van der Waals surface area contributed by atoms with E-state index < -0.39 is 108 Å². The number of carbonyl (C=O) groups is 8. The van der Waals surface area contributed by atoms with Crippen molar-refractivity contribution in [2.75, 3.05) is 13.1 Å². The number of guanidine groups is 1. The van der Waals surface area contributed by atoms with Crippen molar-refractivity contribution in [2.45, 2.75) is 128 Å². The van der Waals surface area contributed by atoms with Crippen LogP contribution in [0, 0.1) is 11.8 Å². The number of H-pyrrole nitrogens is 1. The largest absolute Gasteiger partial charge is 0.508 e. The summed E-state index contributed by atoms with van der Waals surface area (Å²) in [4.78, 5) is 115. The smallest absolute Gasteiger partial charge is 0.490 e. The third kappa shape index (κ3) is 18.7. The molecule has 8 atom stereocenters. The van der Waals surface area contributed by atoms with E-state index >= 15 is 0 Å². The van der Waals surface area contributed by atoms with Crippen molar-refractivity contribution in [2.24, 2.45) is 34.0 Å². The second-order valence-electron chi connectivity index (χ2n) is 16.5. The van der Waals surface area contributed by atoms with Crippen molar-refractivity contribution >= 4 is 53.3 Å². The van der Waals surface area contributed by atoms with Crippen LogP contribution < -0.4 is 43.8 Å². The van der Waals surface area contributed by atoms with Crippen LogP contribution in [0.15, 0.2) is 41.8 Å². The number of benzene rings is 1. The van der Waals surface area contributed by atoms with E-state index in [4.69, 9.17) is 27.1 Å². The maximum absolute atomic E-state index is 14.3. The fourth-order valence-electron chi connectivity index (χ4n) is 6.72. The summed E-state index contributed by atoms with van der Waals surface area (Å²) in [5.41, 5.74) is 17.6. The van der Waals surface area contributed by atoms with Gasteiger partial charge in [-0.05, 0) is 62.1 Å². The summed E-state index contributed by atoms with van der Waals surface area (Å²) in [6.07, 6.45) is -0.791. The van der Waals surface area contributed by atoms with Gasteiger partial charge in [-0.2, -0.15) is 13.2 Å². The summed E-state index contributed by atoms with van der Waals surface area (Å²) in [6.45, 7) is 8.71. The lowest BCUT2D eigenvalue weighted by Crippen LogP contribution is -2.61. The summed E-state index contributed by atoms with van der Waals surface area (Å²) >= 11 is 0. The lowest BCUT2D eigenvalue weighted by molar-refractivity contribution is -0.192. The Morgan fingerprint density at radius 1 is 0.838 bits per heavy atom. The number of phenols is 1. The Bertz CT molecular complexity index is 2050. The van der Waals surface area contributed by atoms with E-state index in [2.05, 4.69) is 41.5 Å². The lowest BCUT2D eigenvalue weighted by Gasteiger charge is -2.31. The average Bonchev–Trinajstić information content (AvgIpc) is 3.98. The van der Waals surface area contributed by atoms with Crippen LogP contribution in [0.1, 0.15) is 78.0 Å². The Hall–Kier alpha value is -6.99. The van der Waals surface area contributed by atoms with Crippen molar-refractivity contribution in [1.82, 2.24) is 41.5 Å². The zero-order chi connectivity index (χ0) is 51.5. The molecule has 0 spiro atoms. The van der Waals surface area contributed by atoms with Gasteiger partial charge in [0.1, 0.15) is 42.0 Å². The number of aromatic hydroxyl groups is 1. The molecule has 1 aliphatic heterocycles. The molecular formula is C42H63F3N12O11. The van der Waals surface area contributed by atoms with Crippen molar-refractivity contribution in [3.05, 3.63) is 48.0 Å². The zero-order valence-corrected chi connectivity index (χ0v) is 38.3. The van der Waals surface area contributed by atoms with Crippen LogP contribution >= 0.6 is 0 Å². The molecule has 0 radical (unpaired) electrons. The minimum atomic E-state index is -5.08. The number of imidazole rings is 1. The molecule has 1 fully saturated rings. The first-order valence-corrected chi connectivity index (χ1v) is 21.7.